The molecule has 0 saturated carbocycles. The molecular formula is H6CaNaO4PZn. The Morgan fingerprint density at radius 1 is 1.25 bits per heavy atom. The van der Waals surface area contributed by atoms with E-state index in [0.717, 1.165) is 0 Å². The van der Waals surface area contributed by atoms with Gasteiger partial charge in [0.05, 0.1) is 0 Å². The molecule has 0 saturated heterocycles. The first-order valence-electron chi connectivity index (χ1n) is 0.783. The zero-order valence-electron chi connectivity index (χ0n) is 7.61. The van der Waals surface area contributed by atoms with Gasteiger partial charge < -0.3 is 19.0 Å². The normalized spacial score (nSPS) is 7.38. The molecule has 0 aromatic rings. The number of hydrogen-bond acceptors (Lipinski definition) is 1. The van der Waals surface area contributed by atoms with Crippen LogP contribution in [0.2, 0.25) is 0 Å². The fourth-order valence-corrected chi connectivity index (χ4v) is 0. The minimum absolute atomic E-state index is 0. The summed E-state index contributed by atoms with van der Waals surface area (Å²) < 4.78 is 8.88. The predicted octanol–water partition coefficient (Wildman–Crippen LogP) is -3.97. The van der Waals surface area contributed by atoms with Gasteiger partial charge in [0.15, 0.2) is 0 Å². The van der Waals surface area contributed by atoms with Gasteiger partial charge in [0.2, 0.25) is 0 Å². The van der Waals surface area contributed by atoms with Crippen molar-refractivity contribution < 1.29 is 72.6 Å². The van der Waals surface area contributed by atoms with E-state index in [1.165, 1.54) is 0 Å². The Hall–Kier alpha value is 2.99. The molecule has 0 atom stereocenters. The Morgan fingerprint density at radius 3 is 1.25 bits per heavy atom. The van der Waals surface area contributed by atoms with E-state index in [0.29, 0.717) is 0 Å². The molecule has 0 fully saturated rings. The molecule has 0 aromatic heterocycles. The fraction of sp³-hybridized carbons (Fsp3) is 0. The average Bonchev–Trinajstić information content (AvgIpc) is 0.722. The third kappa shape index (κ3) is 64.1. The zero-order chi connectivity index (χ0) is 4.50. The van der Waals surface area contributed by atoms with Gasteiger partial charge in [-0.2, -0.15) is 0 Å². The van der Waals surface area contributed by atoms with Crippen LogP contribution in [0.15, 0.2) is 0 Å². The first-order chi connectivity index (χ1) is 2.00. The van der Waals surface area contributed by atoms with E-state index in [4.69, 9.17) is 19.2 Å². The molecule has 0 unspecified atom stereocenters. The van der Waals surface area contributed by atoms with Crippen LogP contribution in [0.1, 0.15) is 4.28 Å². The van der Waals surface area contributed by atoms with Gasteiger partial charge in [-0.25, -0.2) is 4.57 Å². The topological polar surface area (TPSA) is 77.8 Å². The maximum atomic E-state index is 8.88. The van der Waals surface area contributed by atoms with Crippen LogP contribution in [0, 0.1) is 0 Å². The summed E-state index contributed by atoms with van der Waals surface area (Å²) in [4.78, 5) is 21.6. The number of rotatable bonds is 0. The van der Waals surface area contributed by atoms with Crippen molar-refractivity contribution >= 4 is 45.6 Å². The summed E-state index contributed by atoms with van der Waals surface area (Å²) >= 11 is 0. The van der Waals surface area contributed by atoms with Crippen LogP contribution in [0.25, 0.3) is 0 Å². The average molecular weight is 229 g/mol. The maximum Gasteiger partial charge on any atom is 2.00 e. The van der Waals surface area contributed by atoms with Gasteiger partial charge in [0, 0.05) is 19.5 Å². The molecule has 40 valence electrons. The molecule has 0 spiro atoms. The van der Waals surface area contributed by atoms with Crippen LogP contribution in [-0.4, -0.2) is 52.4 Å². The third-order valence-electron chi connectivity index (χ3n) is 0. The van der Waals surface area contributed by atoms with Crippen LogP contribution in [0.3, 0.4) is 0 Å². The van der Waals surface area contributed by atoms with Crippen molar-refractivity contribution in [2.45, 2.75) is 0 Å². The molecule has 0 rings (SSSR count). The van der Waals surface area contributed by atoms with Gasteiger partial charge in [0.1, 0.15) is 0 Å². The van der Waals surface area contributed by atoms with Gasteiger partial charge in [-0.3, -0.25) is 0 Å². The molecule has 0 aliphatic heterocycles. The van der Waals surface area contributed by atoms with Crippen LogP contribution < -0.4 is 29.6 Å². The van der Waals surface area contributed by atoms with Crippen molar-refractivity contribution in [3.63, 3.8) is 0 Å². The molecule has 0 bridgehead atoms. The Balaban J connectivity index is -0.00000000533. The monoisotopic (exact) mass is 228 g/mol. The summed E-state index contributed by atoms with van der Waals surface area (Å²) in [5, 5.41) is 0. The molecule has 4 nitrogen and oxygen atoms in total. The Bertz CT molecular complexity index is 71.5. The quantitative estimate of drug-likeness (QED) is 0.293. The predicted molar refractivity (Wildman–Crippen MR) is 23.4 cm³/mol. The summed E-state index contributed by atoms with van der Waals surface area (Å²) in [6, 6.07) is 0. The van der Waals surface area contributed by atoms with Crippen LogP contribution in [-0.2, 0) is 24.0 Å². The third-order valence-corrected chi connectivity index (χ3v) is 0. The van der Waals surface area contributed by atoms with Crippen molar-refractivity contribution in [3.8, 4) is 0 Å². The number of phosphoric acid groups is 1. The minimum Gasteiger partial charge on any atom is -1.00 e. The van der Waals surface area contributed by atoms with Gasteiger partial charge in [-0.1, -0.05) is 0 Å². The van der Waals surface area contributed by atoms with Gasteiger partial charge in [0.25, 0.3) is 0 Å². The molecule has 0 heterocycles. The van der Waals surface area contributed by atoms with Gasteiger partial charge >= 0.3 is 75.1 Å². The molecule has 0 amide bonds. The van der Waals surface area contributed by atoms with Crippen molar-refractivity contribution in [1.82, 2.24) is 0 Å². The first kappa shape index (κ1) is 22.4. The summed E-state index contributed by atoms with van der Waals surface area (Å²) in [6.45, 7) is 0. The van der Waals surface area contributed by atoms with E-state index in [2.05, 4.69) is 0 Å². The van der Waals surface area contributed by atoms with Crippen LogP contribution in [0.5, 0.6) is 0 Å². The van der Waals surface area contributed by atoms with Crippen LogP contribution in [0.4, 0.5) is 0 Å². The second-order valence-electron chi connectivity index (χ2n) is 0.513. The summed E-state index contributed by atoms with van der Waals surface area (Å²) in [5.41, 5.74) is 0. The Kier molecular flexibility index (Phi) is 28.0. The summed E-state index contributed by atoms with van der Waals surface area (Å²) in [7, 11) is -4.64. The smallest absolute Gasteiger partial charge is 1.00 e. The Morgan fingerprint density at radius 2 is 1.25 bits per heavy atom. The largest absolute Gasteiger partial charge is 2.00 e. The first-order valence-corrected chi connectivity index (χ1v) is 2.35. The minimum atomic E-state index is -4.64. The second kappa shape index (κ2) is 9.99. The van der Waals surface area contributed by atoms with E-state index < -0.39 is 7.82 Å². The second-order valence-corrected chi connectivity index (χ2v) is 1.54. The summed E-state index contributed by atoms with van der Waals surface area (Å²) in [6.07, 6.45) is 0. The molecule has 0 aliphatic carbocycles. The van der Waals surface area contributed by atoms with E-state index in [-0.39, 0.29) is 91.1 Å². The van der Waals surface area contributed by atoms with Crippen molar-refractivity contribution in [3.05, 3.63) is 0 Å². The summed E-state index contributed by atoms with van der Waals surface area (Å²) in [5.74, 6) is 0. The molecule has 3 N–H and O–H groups in total. The molecule has 0 radical (unpaired) electrons. The zero-order valence-corrected chi connectivity index (χ0v) is 12.7. The SMILES string of the molecule is O=P(O)(O)O.[Ca+2].[H-].[H-].[H-].[Na+].[Zn]. The molecule has 8 heavy (non-hydrogen) atoms. The number of hydrogen-bond donors (Lipinski definition) is 3. The fourth-order valence-electron chi connectivity index (χ4n) is 0. The van der Waals surface area contributed by atoms with E-state index in [1.807, 2.05) is 0 Å². The van der Waals surface area contributed by atoms with Crippen molar-refractivity contribution in [1.29, 1.82) is 0 Å². The van der Waals surface area contributed by atoms with E-state index >= 15 is 0 Å². The van der Waals surface area contributed by atoms with E-state index in [1.54, 1.807) is 0 Å². The Labute approximate surface area is 116 Å². The van der Waals surface area contributed by atoms with Crippen molar-refractivity contribution in [2.24, 2.45) is 0 Å². The van der Waals surface area contributed by atoms with Gasteiger partial charge in [-0.05, 0) is 0 Å². The molecule has 0 aliphatic rings. The van der Waals surface area contributed by atoms with Gasteiger partial charge in [-0.15, -0.1) is 0 Å². The molecule has 0 aromatic carbocycles. The van der Waals surface area contributed by atoms with Crippen molar-refractivity contribution in [2.75, 3.05) is 0 Å². The van der Waals surface area contributed by atoms with E-state index in [9.17, 15) is 0 Å². The maximum absolute atomic E-state index is 8.88. The molecular weight excluding hydrogens is 223 g/mol. The van der Waals surface area contributed by atoms with Crippen LogP contribution >= 0.6 is 7.82 Å². The molecule has 8 heteroatoms. The standard InChI is InChI=1S/Ca.Na.H3O4P.Zn.3H/c;;1-5(2,3)4;;;;/h;;(H3,1,2,3,4);;;;/q+2;+1;;;3*-1.